The number of hydrogen-bond donors (Lipinski definition) is 1. The van der Waals surface area contributed by atoms with Gasteiger partial charge in [-0.2, -0.15) is 0 Å². The Morgan fingerprint density at radius 3 is 2.72 bits per heavy atom. The smallest absolute Gasteiger partial charge is 0.270 e. The first-order valence-electron chi connectivity index (χ1n) is 6.19. The van der Waals surface area contributed by atoms with Gasteiger partial charge in [0.25, 0.3) is 5.91 Å². The summed E-state index contributed by atoms with van der Waals surface area (Å²) in [7, 11) is 0. The molecule has 0 unspecified atom stereocenters. The molecule has 4 heteroatoms. The minimum absolute atomic E-state index is 0.0167. The van der Waals surface area contributed by atoms with Crippen LogP contribution in [0.1, 0.15) is 38.2 Å². The van der Waals surface area contributed by atoms with Crippen molar-refractivity contribution < 1.29 is 4.79 Å². The Bertz CT molecular complexity index is 533. The summed E-state index contributed by atoms with van der Waals surface area (Å²) in [4.78, 5) is 21.7. The summed E-state index contributed by atoms with van der Waals surface area (Å²) in [5, 5.41) is 0. The summed E-state index contributed by atoms with van der Waals surface area (Å²) >= 11 is 0. The number of rotatable bonds is 2. The van der Waals surface area contributed by atoms with E-state index in [-0.39, 0.29) is 11.4 Å². The van der Waals surface area contributed by atoms with Gasteiger partial charge < -0.3 is 9.88 Å². The average molecular weight is 245 g/mol. The van der Waals surface area contributed by atoms with Crippen LogP contribution in [0, 0.1) is 0 Å². The van der Waals surface area contributed by atoms with E-state index < -0.39 is 0 Å². The molecule has 2 aromatic heterocycles. The zero-order valence-electron chi connectivity index (χ0n) is 11.3. The lowest BCUT2D eigenvalue weighted by Gasteiger charge is -2.34. The quantitative estimate of drug-likeness (QED) is 0.884. The summed E-state index contributed by atoms with van der Waals surface area (Å²) in [5.41, 5.74) is 2.13. The third kappa shape index (κ3) is 2.23. The second-order valence-electron chi connectivity index (χ2n) is 5.34. The third-order valence-electron chi connectivity index (χ3n) is 2.99. The van der Waals surface area contributed by atoms with Gasteiger partial charge in [-0.15, -0.1) is 0 Å². The van der Waals surface area contributed by atoms with E-state index >= 15 is 0 Å². The molecule has 0 saturated carbocycles. The summed E-state index contributed by atoms with van der Waals surface area (Å²) in [6, 6.07) is 5.59. The first-order chi connectivity index (χ1) is 8.43. The van der Waals surface area contributed by atoms with Crippen LogP contribution >= 0.6 is 0 Å². The minimum Gasteiger partial charge on any atom is -0.349 e. The van der Waals surface area contributed by atoms with Gasteiger partial charge in [-0.3, -0.25) is 9.78 Å². The van der Waals surface area contributed by atoms with E-state index in [1.807, 2.05) is 50.8 Å². The van der Waals surface area contributed by atoms with Gasteiger partial charge in [0.1, 0.15) is 5.69 Å². The van der Waals surface area contributed by atoms with E-state index in [9.17, 15) is 4.79 Å². The molecule has 0 atom stereocenters. The number of nitrogens with one attached hydrogen (secondary N) is 1. The fourth-order valence-corrected chi connectivity index (χ4v) is 2.14. The van der Waals surface area contributed by atoms with E-state index in [2.05, 4.69) is 9.97 Å². The lowest BCUT2D eigenvalue weighted by atomic mass is 10.1. The van der Waals surface area contributed by atoms with Gasteiger partial charge in [0, 0.05) is 18.3 Å². The van der Waals surface area contributed by atoms with Crippen molar-refractivity contribution in [2.24, 2.45) is 0 Å². The Hall–Kier alpha value is -1.84. The van der Waals surface area contributed by atoms with Gasteiger partial charge in [0.15, 0.2) is 0 Å². The predicted octanol–water partition coefficient (Wildman–Crippen LogP) is 2.82. The zero-order valence-corrected chi connectivity index (χ0v) is 11.3. The highest BCUT2D eigenvalue weighted by molar-refractivity contribution is 5.97. The standard InChI is InChI=1S/C14H19N3O/c1-5-17(14(2,3)4)13(18)12-9-11-10(16-12)7-6-8-15-11/h6-9,16H,5H2,1-4H3. The SMILES string of the molecule is CCN(C(=O)c1cc2ncccc2[nH]1)C(C)(C)C. The van der Waals surface area contributed by atoms with Crippen molar-refractivity contribution >= 4 is 16.9 Å². The van der Waals surface area contributed by atoms with Gasteiger partial charge in [0.2, 0.25) is 0 Å². The van der Waals surface area contributed by atoms with E-state index in [1.165, 1.54) is 0 Å². The fraction of sp³-hybridized carbons (Fsp3) is 0.429. The minimum atomic E-state index is -0.184. The molecule has 4 nitrogen and oxygen atoms in total. The molecule has 2 heterocycles. The van der Waals surface area contributed by atoms with Crippen LogP contribution in [0.3, 0.4) is 0 Å². The molecule has 0 fully saturated rings. The van der Waals surface area contributed by atoms with Gasteiger partial charge in [-0.25, -0.2) is 0 Å². The number of aromatic nitrogens is 2. The maximum Gasteiger partial charge on any atom is 0.270 e. The summed E-state index contributed by atoms with van der Waals surface area (Å²) in [5.74, 6) is 0.0167. The highest BCUT2D eigenvalue weighted by atomic mass is 16.2. The number of nitrogens with zero attached hydrogens (tertiary/aromatic N) is 2. The number of amides is 1. The molecule has 0 aromatic carbocycles. The largest absolute Gasteiger partial charge is 0.349 e. The molecule has 1 N–H and O–H groups in total. The van der Waals surface area contributed by atoms with Gasteiger partial charge in [-0.05, 0) is 45.9 Å². The Morgan fingerprint density at radius 1 is 1.44 bits per heavy atom. The Morgan fingerprint density at radius 2 is 2.17 bits per heavy atom. The highest BCUT2D eigenvalue weighted by Crippen LogP contribution is 2.19. The molecular formula is C14H19N3O. The lowest BCUT2D eigenvalue weighted by molar-refractivity contribution is 0.0594. The van der Waals surface area contributed by atoms with Crippen molar-refractivity contribution in [1.82, 2.24) is 14.9 Å². The molecule has 0 aliphatic heterocycles. The van der Waals surface area contributed by atoms with Crippen molar-refractivity contribution in [3.8, 4) is 0 Å². The van der Waals surface area contributed by atoms with Crippen molar-refractivity contribution in [1.29, 1.82) is 0 Å². The second kappa shape index (κ2) is 4.44. The van der Waals surface area contributed by atoms with Crippen LogP contribution in [0.5, 0.6) is 0 Å². The summed E-state index contributed by atoms with van der Waals surface area (Å²) in [6.45, 7) is 8.79. The van der Waals surface area contributed by atoms with Gasteiger partial charge in [-0.1, -0.05) is 0 Å². The molecule has 2 rings (SSSR count). The van der Waals surface area contributed by atoms with Crippen LogP contribution in [0.25, 0.3) is 11.0 Å². The van der Waals surface area contributed by atoms with Crippen LogP contribution < -0.4 is 0 Å². The van der Waals surface area contributed by atoms with Crippen LogP contribution in [-0.4, -0.2) is 32.9 Å². The molecule has 0 spiro atoms. The number of aromatic amines is 1. The maximum atomic E-state index is 12.5. The lowest BCUT2D eigenvalue weighted by Crippen LogP contribution is -2.45. The van der Waals surface area contributed by atoms with Crippen LogP contribution in [0.2, 0.25) is 0 Å². The highest BCUT2D eigenvalue weighted by Gasteiger charge is 2.26. The molecule has 1 amide bonds. The monoisotopic (exact) mass is 245 g/mol. The maximum absolute atomic E-state index is 12.5. The molecule has 18 heavy (non-hydrogen) atoms. The molecule has 96 valence electrons. The van der Waals surface area contributed by atoms with E-state index in [1.54, 1.807) is 6.20 Å². The number of carbonyl (C=O) groups excluding carboxylic acids is 1. The van der Waals surface area contributed by atoms with E-state index in [0.717, 1.165) is 11.0 Å². The van der Waals surface area contributed by atoms with E-state index in [4.69, 9.17) is 0 Å². The number of H-pyrrole nitrogens is 1. The predicted molar refractivity (Wildman–Crippen MR) is 72.6 cm³/mol. The molecular weight excluding hydrogens is 226 g/mol. The number of carbonyl (C=O) groups is 1. The molecule has 0 radical (unpaired) electrons. The van der Waals surface area contributed by atoms with Gasteiger partial charge in [0.05, 0.1) is 11.0 Å². The van der Waals surface area contributed by atoms with E-state index in [0.29, 0.717) is 12.2 Å². The Kier molecular flexibility index (Phi) is 3.11. The molecule has 0 bridgehead atoms. The van der Waals surface area contributed by atoms with Crippen molar-refractivity contribution in [3.05, 3.63) is 30.1 Å². The zero-order chi connectivity index (χ0) is 13.3. The third-order valence-corrected chi connectivity index (χ3v) is 2.99. The van der Waals surface area contributed by atoms with Gasteiger partial charge >= 0.3 is 0 Å². The van der Waals surface area contributed by atoms with Crippen molar-refractivity contribution in [2.45, 2.75) is 33.2 Å². The molecule has 0 aliphatic rings. The number of fused-ring (bicyclic) bond motifs is 1. The first kappa shape index (κ1) is 12.6. The molecule has 0 saturated heterocycles. The fourth-order valence-electron chi connectivity index (χ4n) is 2.14. The number of hydrogen-bond acceptors (Lipinski definition) is 2. The van der Waals surface area contributed by atoms with Crippen LogP contribution in [-0.2, 0) is 0 Å². The Labute approximate surface area is 107 Å². The van der Waals surface area contributed by atoms with Crippen molar-refractivity contribution in [2.75, 3.05) is 6.54 Å². The summed E-state index contributed by atoms with van der Waals surface area (Å²) in [6.07, 6.45) is 1.73. The van der Waals surface area contributed by atoms with Crippen molar-refractivity contribution in [3.63, 3.8) is 0 Å². The Balaban J connectivity index is 2.38. The molecule has 2 aromatic rings. The van der Waals surface area contributed by atoms with Crippen LogP contribution in [0.15, 0.2) is 24.4 Å². The normalized spacial score (nSPS) is 11.8. The van der Waals surface area contributed by atoms with Crippen LogP contribution in [0.4, 0.5) is 0 Å². The average Bonchev–Trinajstić information content (AvgIpc) is 2.71. The second-order valence-corrected chi connectivity index (χ2v) is 5.34. The molecule has 0 aliphatic carbocycles. The topological polar surface area (TPSA) is 49.0 Å². The summed E-state index contributed by atoms with van der Waals surface area (Å²) < 4.78 is 0. The first-order valence-corrected chi connectivity index (χ1v) is 6.19. The number of pyridine rings is 1.